The fraction of sp³-hybridized carbons (Fsp3) is 1.00. The lowest BCUT2D eigenvalue weighted by Gasteiger charge is -2.27. The van der Waals surface area contributed by atoms with Crippen LogP contribution in [0.2, 0.25) is 0 Å². The smallest absolute Gasteiger partial charge is 0.00891 e. The molecule has 0 aromatic heterocycles. The van der Waals surface area contributed by atoms with Crippen LogP contribution >= 0.6 is 0 Å². The summed E-state index contributed by atoms with van der Waals surface area (Å²) in [6.45, 7) is 9.26. The summed E-state index contributed by atoms with van der Waals surface area (Å²) in [6, 6.07) is 0.766. The van der Waals surface area contributed by atoms with E-state index in [0.29, 0.717) is 0 Å². The summed E-state index contributed by atoms with van der Waals surface area (Å²) in [6.07, 6.45) is 2.60. The molecule has 74 valence electrons. The Bertz CT molecular complexity index is 108. The highest BCUT2D eigenvalue weighted by molar-refractivity contribution is 4.69. The Kier molecular flexibility index (Phi) is 5.56. The first kappa shape index (κ1) is 12.0. The largest absolute Gasteiger partial charge is 0.306 e. The molecule has 0 saturated heterocycles. The minimum Gasteiger partial charge on any atom is -0.306 e. The molecule has 1 heteroatoms. The van der Waals surface area contributed by atoms with E-state index in [4.69, 9.17) is 0 Å². The minimum absolute atomic E-state index is 0.766. The van der Waals surface area contributed by atoms with Crippen LogP contribution in [0.3, 0.4) is 0 Å². The van der Waals surface area contributed by atoms with Gasteiger partial charge < -0.3 is 4.90 Å². The molecule has 0 saturated carbocycles. The monoisotopic (exact) mass is 171 g/mol. The highest BCUT2D eigenvalue weighted by Gasteiger charge is 2.15. The number of hydrogen-bond acceptors (Lipinski definition) is 1. The van der Waals surface area contributed by atoms with Crippen LogP contribution in [0.4, 0.5) is 0 Å². The maximum atomic E-state index is 2.36. The molecule has 0 radical (unpaired) electrons. The van der Waals surface area contributed by atoms with Gasteiger partial charge in [-0.2, -0.15) is 0 Å². The number of hydrogen-bond donors (Lipinski definition) is 0. The SMILES string of the molecule is CCC(CC(C)C(C)C)N(C)C. The highest BCUT2D eigenvalue weighted by atomic mass is 15.1. The summed E-state index contributed by atoms with van der Waals surface area (Å²) in [4.78, 5) is 2.35. The lowest BCUT2D eigenvalue weighted by atomic mass is 9.90. The Morgan fingerprint density at radius 1 is 1.08 bits per heavy atom. The molecule has 0 bridgehead atoms. The Labute approximate surface area is 78.1 Å². The van der Waals surface area contributed by atoms with Crippen molar-refractivity contribution >= 4 is 0 Å². The van der Waals surface area contributed by atoms with Crippen LogP contribution in [0.25, 0.3) is 0 Å². The van der Waals surface area contributed by atoms with Crippen LogP contribution in [0.1, 0.15) is 40.5 Å². The second-order valence-corrected chi connectivity index (χ2v) is 4.48. The molecular formula is C11H25N. The zero-order valence-electron chi connectivity index (χ0n) is 9.59. The van der Waals surface area contributed by atoms with E-state index in [9.17, 15) is 0 Å². The fourth-order valence-corrected chi connectivity index (χ4v) is 1.44. The molecular weight excluding hydrogens is 146 g/mol. The van der Waals surface area contributed by atoms with Crippen LogP contribution in [-0.2, 0) is 0 Å². The van der Waals surface area contributed by atoms with Gasteiger partial charge in [0.25, 0.3) is 0 Å². The Balaban J connectivity index is 3.85. The molecule has 0 aromatic rings. The van der Waals surface area contributed by atoms with Crippen molar-refractivity contribution in [2.75, 3.05) is 14.1 Å². The van der Waals surface area contributed by atoms with Gasteiger partial charge in [-0.25, -0.2) is 0 Å². The molecule has 0 aliphatic heterocycles. The van der Waals surface area contributed by atoms with Gasteiger partial charge in [0.2, 0.25) is 0 Å². The third-order valence-corrected chi connectivity index (χ3v) is 2.98. The van der Waals surface area contributed by atoms with Crippen LogP contribution in [0, 0.1) is 11.8 Å². The van der Waals surface area contributed by atoms with Crippen molar-refractivity contribution in [2.24, 2.45) is 11.8 Å². The van der Waals surface area contributed by atoms with E-state index in [1.54, 1.807) is 0 Å². The summed E-state index contributed by atoms with van der Waals surface area (Å²) >= 11 is 0. The van der Waals surface area contributed by atoms with Gasteiger partial charge in [-0.1, -0.05) is 27.7 Å². The maximum Gasteiger partial charge on any atom is 0.00891 e. The predicted octanol–water partition coefficient (Wildman–Crippen LogP) is 3.01. The highest BCUT2D eigenvalue weighted by Crippen LogP contribution is 2.19. The first-order valence-electron chi connectivity index (χ1n) is 5.15. The van der Waals surface area contributed by atoms with Gasteiger partial charge in [0.05, 0.1) is 0 Å². The molecule has 0 fully saturated rings. The Morgan fingerprint density at radius 2 is 1.58 bits per heavy atom. The summed E-state index contributed by atoms with van der Waals surface area (Å²) in [7, 11) is 4.36. The van der Waals surface area contributed by atoms with E-state index >= 15 is 0 Å². The van der Waals surface area contributed by atoms with Gasteiger partial charge in [0.1, 0.15) is 0 Å². The van der Waals surface area contributed by atoms with Gasteiger partial charge in [0.15, 0.2) is 0 Å². The van der Waals surface area contributed by atoms with Crippen molar-refractivity contribution in [3.05, 3.63) is 0 Å². The molecule has 0 rings (SSSR count). The normalized spacial score (nSPS) is 17.0. The molecule has 0 aromatic carbocycles. The lowest BCUT2D eigenvalue weighted by Crippen LogP contribution is -2.29. The van der Waals surface area contributed by atoms with E-state index in [1.807, 2.05) is 0 Å². The second kappa shape index (κ2) is 5.58. The lowest BCUT2D eigenvalue weighted by molar-refractivity contribution is 0.221. The number of nitrogens with zero attached hydrogens (tertiary/aromatic N) is 1. The van der Waals surface area contributed by atoms with Gasteiger partial charge in [-0.05, 0) is 38.8 Å². The zero-order valence-corrected chi connectivity index (χ0v) is 9.59. The van der Waals surface area contributed by atoms with Crippen molar-refractivity contribution in [3.63, 3.8) is 0 Å². The van der Waals surface area contributed by atoms with Crippen molar-refractivity contribution < 1.29 is 0 Å². The molecule has 0 aliphatic carbocycles. The average Bonchev–Trinajstić information content (AvgIpc) is 1.98. The third-order valence-electron chi connectivity index (χ3n) is 2.98. The standard InChI is InChI=1S/C11H25N/c1-7-11(12(5)6)8-10(4)9(2)3/h9-11H,7-8H2,1-6H3. The molecule has 0 heterocycles. The van der Waals surface area contributed by atoms with Crippen LogP contribution in [-0.4, -0.2) is 25.0 Å². The minimum atomic E-state index is 0.766. The quantitative estimate of drug-likeness (QED) is 0.614. The average molecular weight is 171 g/mol. The van der Waals surface area contributed by atoms with Crippen molar-refractivity contribution in [3.8, 4) is 0 Å². The van der Waals surface area contributed by atoms with Crippen LogP contribution < -0.4 is 0 Å². The Morgan fingerprint density at radius 3 is 1.83 bits per heavy atom. The van der Waals surface area contributed by atoms with E-state index in [-0.39, 0.29) is 0 Å². The molecule has 2 unspecified atom stereocenters. The summed E-state index contributed by atoms with van der Waals surface area (Å²) in [5.74, 6) is 1.66. The Hall–Kier alpha value is -0.0400. The molecule has 2 atom stereocenters. The van der Waals surface area contributed by atoms with Crippen LogP contribution in [0.15, 0.2) is 0 Å². The molecule has 12 heavy (non-hydrogen) atoms. The van der Waals surface area contributed by atoms with E-state index in [1.165, 1.54) is 12.8 Å². The molecule has 0 amide bonds. The van der Waals surface area contributed by atoms with Gasteiger partial charge in [-0.15, -0.1) is 0 Å². The third kappa shape index (κ3) is 4.10. The molecule has 1 nitrogen and oxygen atoms in total. The van der Waals surface area contributed by atoms with Crippen molar-refractivity contribution in [1.29, 1.82) is 0 Å². The summed E-state index contributed by atoms with van der Waals surface area (Å²) in [5.41, 5.74) is 0. The second-order valence-electron chi connectivity index (χ2n) is 4.48. The van der Waals surface area contributed by atoms with E-state index in [2.05, 4.69) is 46.7 Å². The molecule has 0 spiro atoms. The van der Waals surface area contributed by atoms with Gasteiger partial charge >= 0.3 is 0 Å². The first-order chi connectivity index (χ1) is 5.49. The fourth-order valence-electron chi connectivity index (χ4n) is 1.44. The first-order valence-corrected chi connectivity index (χ1v) is 5.15. The molecule has 0 N–H and O–H groups in total. The van der Waals surface area contributed by atoms with Gasteiger partial charge in [0, 0.05) is 6.04 Å². The van der Waals surface area contributed by atoms with Gasteiger partial charge in [-0.3, -0.25) is 0 Å². The topological polar surface area (TPSA) is 3.24 Å². The number of rotatable bonds is 5. The van der Waals surface area contributed by atoms with Crippen molar-refractivity contribution in [2.45, 2.75) is 46.6 Å². The predicted molar refractivity (Wildman–Crippen MR) is 56.4 cm³/mol. The van der Waals surface area contributed by atoms with E-state index < -0.39 is 0 Å². The van der Waals surface area contributed by atoms with Crippen molar-refractivity contribution in [1.82, 2.24) is 4.90 Å². The van der Waals surface area contributed by atoms with Crippen LogP contribution in [0.5, 0.6) is 0 Å². The maximum absolute atomic E-state index is 2.36. The van der Waals surface area contributed by atoms with E-state index in [0.717, 1.165) is 17.9 Å². The zero-order chi connectivity index (χ0) is 9.72. The summed E-state index contributed by atoms with van der Waals surface area (Å²) in [5, 5.41) is 0. The molecule has 0 aliphatic rings. The summed E-state index contributed by atoms with van der Waals surface area (Å²) < 4.78 is 0.